The largest absolute Gasteiger partial charge is 0.356 e. The average molecular weight is 340 g/mol. The summed E-state index contributed by atoms with van der Waals surface area (Å²) < 4.78 is 28.0. The van der Waals surface area contributed by atoms with E-state index in [9.17, 15) is 23.6 Å². The summed E-state index contributed by atoms with van der Waals surface area (Å²) >= 11 is 0. The molecule has 6 nitrogen and oxygen atoms in total. The average Bonchev–Trinajstić information content (AvgIpc) is 2.55. The van der Waals surface area contributed by atoms with Crippen molar-refractivity contribution in [2.45, 2.75) is 62.6 Å². The van der Waals surface area contributed by atoms with Crippen LogP contribution in [0.4, 0.5) is 8.78 Å². The number of nitrogens with one attached hydrogen (secondary N) is 3. The standard InChI is InChI=1S/C16H22F2N4O2/c17-16(18)7-10-3-4-12(16)13(21-10)15(24)22-11(8-19)6-9-2-1-5-20-14(9)23/h9-13,21H,1-7H2,(H,20,23)(H,22,24)/t9-,10-,11-,12-,13-/m0/s1. The Morgan fingerprint density at radius 1 is 1.42 bits per heavy atom. The minimum atomic E-state index is -2.85. The smallest absolute Gasteiger partial charge is 0.254 e. The quantitative estimate of drug-likeness (QED) is 0.702. The van der Waals surface area contributed by atoms with E-state index in [0.29, 0.717) is 25.8 Å². The van der Waals surface area contributed by atoms with Crippen molar-refractivity contribution in [3.8, 4) is 6.07 Å². The number of nitriles is 1. The highest BCUT2D eigenvalue weighted by Gasteiger charge is 2.55. The van der Waals surface area contributed by atoms with Crippen LogP contribution in [0.1, 0.15) is 38.5 Å². The van der Waals surface area contributed by atoms with Gasteiger partial charge in [0.15, 0.2) is 0 Å². The fraction of sp³-hybridized carbons (Fsp3) is 0.812. The highest BCUT2D eigenvalue weighted by Crippen LogP contribution is 2.44. The summed E-state index contributed by atoms with van der Waals surface area (Å²) in [6, 6.07) is -0.193. The Hall–Kier alpha value is -1.75. The zero-order valence-corrected chi connectivity index (χ0v) is 13.4. The van der Waals surface area contributed by atoms with E-state index in [0.717, 1.165) is 6.42 Å². The summed E-state index contributed by atoms with van der Waals surface area (Å²) in [4.78, 5) is 24.2. The first kappa shape index (κ1) is 17.1. The first-order chi connectivity index (χ1) is 11.4. The number of fused-ring (bicyclic) bond motifs is 3. The topological polar surface area (TPSA) is 94.0 Å². The summed E-state index contributed by atoms with van der Waals surface area (Å²) in [5.74, 6) is -4.87. The summed E-state index contributed by atoms with van der Waals surface area (Å²) in [5.41, 5.74) is 0. The van der Waals surface area contributed by atoms with Crippen molar-refractivity contribution in [2.24, 2.45) is 11.8 Å². The molecule has 8 heteroatoms. The molecule has 0 aromatic heterocycles. The van der Waals surface area contributed by atoms with Crippen molar-refractivity contribution in [3.05, 3.63) is 0 Å². The van der Waals surface area contributed by atoms with Crippen LogP contribution in [0.3, 0.4) is 0 Å². The van der Waals surface area contributed by atoms with E-state index in [1.54, 1.807) is 0 Å². The normalized spacial score (nSPS) is 35.6. The molecule has 2 amide bonds. The van der Waals surface area contributed by atoms with Crippen LogP contribution in [0.5, 0.6) is 0 Å². The molecular weight excluding hydrogens is 318 g/mol. The van der Waals surface area contributed by atoms with Gasteiger partial charge in [0, 0.05) is 30.8 Å². The van der Waals surface area contributed by atoms with Crippen LogP contribution in [-0.2, 0) is 9.59 Å². The van der Waals surface area contributed by atoms with Gasteiger partial charge < -0.3 is 16.0 Å². The van der Waals surface area contributed by atoms with Gasteiger partial charge in [-0.2, -0.15) is 5.26 Å². The molecule has 3 N–H and O–H groups in total. The zero-order valence-electron chi connectivity index (χ0n) is 13.4. The Morgan fingerprint density at radius 2 is 2.21 bits per heavy atom. The van der Waals surface area contributed by atoms with E-state index < -0.39 is 29.8 Å². The lowest BCUT2D eigenvalue weighted by Crippen LogP contribution is -2.66. The van der Waals surface area contributed by atoms with Crippen LogP contribution in [0.25, 0.3) is 0 Å². The van der Waals surface area contributed by atoms with Crippen molar-refractivity contribution in [2.75, 3.05) is 6.54 Å². The van der Waals surface area contributed by atoms with Crippen LogP contribution in [-0.4, -0.2) is 42.4 Å². The number of rotatable bonds is 4. The number of piperidine rings is 3. The number of alkyl halides is 2. The van der Waals surface area contributed by atoms with Gasteiger partial charge in [-0.15, -0.1) is 0 Å². The van der Waals surface area contributed by atoms with E-state index in [1.807, 2.05) is 6.07 Å². The summed E-state index contributed by atoms with van der Waals surface area (Å²) in [6.07, 6.45) is 2.45. The molecule has 5 atom stereocenters. The van der Waals surface area contributed by atoms with E-state index >= 15 is 0 Å². The van der Waals surface area contributed by atoms with Gasteiger partial charge >= 0.3 is 0 Å². The molecule has 0 radical (unpaired) electrons. The molecule has 1 saturated carbocycles. The van der Waals surface area contributed by atoms with Gasteiger partial charge in [-0.05, 0) is 32.1 Å². The summed E-state index contributed by atoms with van der Waals surface area (Å²) in [6.45, 7) is 0.628. The van der Waals surface area contributed by atoms with Gasteiger partial charge in [-0.25, -0.2) is 8.78 Å². The Labute approximate surface area is 139 Å². The summed E-state index contributed by atoms with van der Waals surface area (Å²) in [5, 5.41) is 17.5. The van der Waals surface area contributed by atoms with Crippen molar-refractivity contribution >= 4 is 11.8 Å². The lowest BCUT2D eigenvalue weighted by molar-refractivity contribution is -0.154. The first-order valence-corrected chi connectivity index (χ1v) is 8.52. The van der Waals surface area contributed by atoms with Crippen molar-refractivity contribution in [1.29, 1.82) is 5.26 Å². The third kappa shape index (κ3) is 3.36. The number of hydrogen-bond donors (Lipinski definition) is 3. The number of halogens is 2. The van der Waals surface area contributed by atoms with E-state index in [1.165, 1.54) is 0 Å². The molecule has 1 aliphatic carbocycles. The van der Waals surface area contributed by atoms with Crippen molar-refractivity contribution in [3.63, 3.8) is 0 Å². The monoisotopic (exact) mass is 340 g/mol. The van der Waals surface area contributed by atoms with E-state index in [4.69, 9.17) is 0 Å². The minimum Gasteiger partial charge on any atom is -0.356 e. The van der Waals surface area contributed by atoms with E-state index in [-0.39, 0.29) is 30.7 Å². The maximum Gasteiger partial charge on any atom is 0.254 e. The Kier molecular flexibility index (Phi) is 4.72. The molecule has 3 saturated heterocycles. The molecule has 4 fully saturated rings. The van der Waals surface area contributed by atoms with Gasteiger partial charge in [0.2, 0.25) is 11.8 Å². The predicted molar refractivity (Wildman–Crippen MR) is 80.9 cm³/mol. The lowest BCUT2D eigenvalue weighted by atomic mass is 9.73. The SMILES string of the molecule is N#C[C@H](C[C@@H]1CCCNC1=O)NC(=O)[C@H]1N[C@H]2CC[C@@H]1C(F)(F)C2. The predicted octanol–water partition coefficient (Wildman–Crippen LogP) is 0.687. The Morgan fingerprint density at radius 3 is 2.83 bits per heavy atom. The van der Waals surface area contributed by atoms with Gasteiger partial charge in [-0.1, -0.05) is 0 Å². The second-order valence-electron chi connectivity index (χ2n) is 7.05. The fourth-order valence-electron chi connectivity index (χ4n) is 4.11. The number of amides is 2. The molecule has 2 bridgehead atoms. The number of nitrogens with zero attached hydrogens (tertiary/aromatic N) is 1. The lowest BCUT2D eigenvalue weighted by Gasteiger charge is -2.47. The maximum absolute atomic E-state index is 14.0. The number of carbonyl (C=O) groups excluding carboxylic acids is 2. The third-order valence-corrected chi connectivity index (χ3v) is 5.38. The molecule has 132 valence electrons. The van der Waals surface area contributed by atoms with Gasteiger partial charge in [-0.3, -0.25) is 9.59 Å². The van der Waals surface area contributed by atoms with Crippen LogP contribution < -0.4 is 16.0 Å². The molecule has 3 aliphatic heterocycles. The molecule has 4 rings (SSSR count). The van der Waals surface area contributed by atoms with Crippen LogP contribution in [0.2, 0.25) is 0 Å². The number of hydrogen-bond acceptors (Lipinski definition) is 4. The molecular formula is C16H22F2N4O2. The Bertz CT molecular complexity index is 563. The molecule has 3 heterocycles. The Balaban J connectivity index is 1.61. The molecule has 0 aromatic carbocycles. The van der Waals surface area contributed by atoms with Crippen LogP contribution >= 0.6 is 0 Å². The van der Waals surface area contributed by atoms with Crippen molar-refractivity contribution in [1.82, 2.24) is 16.0 Å². The maximum atomic E-state index is 14.0. The van der Waals surface area contributed by atoms with Gasteiger partial charge in [0.1, 0.15) is 6.04 Å². The highest BCUT2D eigenvalue weighted by atomic mass is 19.3. The second-order valence-corrected chi connectivity index (χ2v) is 7.05. The second kappa shape index (κ2) is 6.63. The van der Waals surface area contributed by atoms with Gasteiger partial charge in [0.05, 0.1) is 12.1 Å². The molecule has 24 heavy (non-hydrogen) atoms. The number of carbonyl (C=O) groups is 2. The first-order valence-electron chi connectivity index (χ1n) is 8.52. The minimum absolute atomic E-state index is 0.114. The highest BCUT2D eigenvalue weighted by molar-refractivity contribution is 5.83. The van der Waals surface area contributed by atoms with Crippen molar-refractivity contribution < 1.29 is 18.4 Å². The fourth-order valence-corrected chi connectivity index (χ4v) is 4.11. The molecule has 0 unspecified atom stereocenters. The summed E-state index contributed by atoms with van der Waals surface area (Å²) in [7, 11) is 0. The van der Waals surface area contributed by atoms with Crippen LogP contribution in [0, 0.1) is 23.2 Å². The molecule has 0 spiro atoms. The zero-order chi connectivity index (χ0) is 17.3. The van der Waals surface area contributed by atoms with Gasteiger partial charge in [0.25, 0.3) is 5.92 Å². The van der Waals surface area contributed by atoms with Crippen LogP contribution in [0.15, 0.2) is 0 Å². The molecule has 4 aliphatic rings. The third-order valence-electron chi connectivity index (χ3n) is 5.38. The molecule has 0 aromatic rings. The van der Waals surface area contributed by atoms with E-state index in [2.05, 4.69) is 16.0 Å².